The van der Waals surface area contributed by atoms with E-state index >= 15 is 0 Å². The number of carbonyl (C=O) groups is 1. The van der Waals surface area contributed by atoms with Gasteiger partial charge in [-0.3, -0.25) is 0 Å². The van der Waals surface area contributed by atoms with E-state index < -0.39 is 6.03 Å². The third-order valence-corrected chi connectivity index (χ3v) is 4.34. The molecule has 142 valence electrons. The molecule has 0 fully saturated rings. The maximum absolute atomic E-state index is 11.3. The van der Waals surface area contributed by atoms with Gasteiger partial charge in [0.15, 0.2) is 5.76 Å². The lowest BCUT2D eigenvalue weighted by molar-refractivity contribution is 0.249. The summed E-state index contributed by atoms with van der Waals surface area (Å²) in [6, 6.07) is 28.2. The Morgan fingerprint density at radius 2 is 1.38 bits per heavy atom. The first-order valence-electron chi connectivity index (χ1n) is 9.03. The molecule has 0 radical (unpaired) electrons. The number of nitrogens with one attached hydrogen (secondary N) is 1. The van der Waals surface area contributed by atoms with Gasteiger partial charge in [-0.05, 0) is 5.56 Å². The summed E-state index contributed by atoms with van der Waals surface area (Å²) < 4.78 is 5.78. The summed E-state index contributed by atoms with van der Waals surface area (Å²) in [6.45, 7) is 0. The highest BCUT2D eigenvalue weighted by Crippen LogP contribution is 2.35. The fourth-order valence-corrected chi connectivity index (χ4v) is 3.07. The fourth-order valence-electron chi connectivity index (χ4n) is 3.07. The first-order valence-corrected chi connectivity index (χ1v) is 9.03. The number of aromatic nitrogens is 1. The average Bonchev–Trinajstić information content (AvgIpc) is 3.20. The van der Waals surface area contributed by atoms with Crippen molar-refractivity contribution in [2.24, 2.45) is 10.8 Å². The summed E-state index contributed by atoms with van der Waals surface area (Å²) in [6.07, 6.45) is 0. The van der Waals surface area contributed by atoms with Crippen LogP contribution < -0.4 is 11.2 Å². The van der Waals surface area contributed by atoms with Crippen LogP contribution in [-0.2, 0) is 0 Å². The van der Waals surface area contributed by atoms with Gasteiger partial charge in [-0.2, -0.15) is 5.10 Å². The molecule has 3 N–H and O–H groups in total. The zero-order valence-electron chi connectivity index (χ0n) is 15.4. The van der Waals surface area contributed by atoms with E-state index in [9.17, 15) is 4.79 Å². The lowest BCUT2D eigenvalue weighted by atomic mass is 9.95. The van der Waals surface area contributed by atoms with Crippen molar-refractivity contribution in [3.05, 3.63) is 102 Å². The summed E-state index contributed by atoms with van der Waals surface area (Å²) in [7, 11) is 0. The molecule has 4 rings (SSSR count). The van der Waals surface area contributed by atoms with Crippen LogP contribution >= 0.6 is 0 Å². The molecule has 0 bridgehead atoms. The van der Waals surface area contributed by atoms with Gasteiger partial charge in [0.25, 0.3) is 0 Å². The zero-order valence-corrected chi connectivity index (χ0v) is 15.4. The first-order chi connectivity index (χ1) is 14.2. The molecule has 0 atom stereocenters. The van der Waals surface area contributed by atoms with Crippen LogP contribution in [0.15, 0.2) is 101 Å². The van der Waals surface area contributed by atoms with Crippen LogP contribution in [0.1, 0.15) is 11.3 Å². The Kier molecular flexibility index (Phi) is 5.16. The number of urea groups is 1. The maximum Gasteiger partial charge on any atom is 0.332 e. The summed E-state index contributed by atoms with van der Waals surface area (Å²) in [4.78, 5) is 11.3. The van der Waals surface area contributed by atoms with Crippen molar-refractivity contribution in [3.8, 4) is 22.4 Å². The lowest BCUT2D eigenvalue weighted by Gasteiger charge is -2.08. The summed E-state index contributed by atoms with van der Waals surface area (Å²) in [5.74, 6) is 0.440. The minimum Gasteiger partial charge on any atom is -0.353 e. The van der Waals surface area contributed by atoms with Crippen molar-refractivity contribution in [1.29, 1.82) is 0 Å². The number of carbonyl (C=O) groups excluding carboxylic acids is 1. The summed E-state index contributed by atoms with van der Waals surface area (Å²) >= 11 is 0. The van der Waals surface area contributed by atoms with Crippen LogP contribution in [-0.4, -0.2) is 16.9 Å². The molecule has 2 amide bonds. The number of hydrogen-bond donors (Lipinski definition) is 2. The number of benzene rings is 3. The Morgan fingerprint density at radius 3 is 1.97 bits per heavy atom. The van der Waals surface area contributed by atoms with Gasteiger partial charge in [0, 0.05) is 11.1 Å². The highest BCUT2D eigenvalue weighted by atomic mass is 16.5. The second-order valence-electron chi connectivity index (χ2n) is 6.27. The molecule has 0 unspecified atom stereocenters. The van der Waals surface area contributed by atoms with Crippen molar-refractivity contribution in [3.63, 3.8) is 0 Å². The van der Waals surface area contributed by atoms with Crippen molar-refractivity contribution in [2.45, 2.75) is 0 Å². The smallest absolute Gasteiger partial charge is 0.332 e. The molecular formula is C23H18N4O2. The van der Waals surface area contributed by atoms with Gasteiger partial charge in [0.2, 0.25) is 0 Å². The standard InChI is InChI=1S/C23H18N4O2/c24-23(28)26-25-21(18-14-8-3-9-15-18)22-19(16-10-4-1-5-11-16)20(27-29-22)17-12-6-2-7-13-17/h1-15H,(H3,24,26,28). The van der Waals surface area contributed by atoms with E-state index in [1.54, 1.807) is 0 Å². The predicted molar refractivity (Wildman–Crippen MR) is 112 cm³/mol. The minimum absolute atomic E-state index is 0.429. The van der Waals surface area contributed by atoms with Crippen molar-refractivity contribution in [2.75, 3.05) is 0 Å². The molecule has 1 aromatic heterocycles. The van der Waals surface area contributed by atoms with E-state index in [0.717, 1.165) is 22.3 Å². The molecule has 4 aromatic rings. The number of rotatable bonds is 5. The minimum atomic E-state index is -0.762. The number of nitrogens with zero attached hydrogens (tertiary/aromatic N) is 2. The molecule has 0 aliphatic heterocycles. The Labute approximate surface area is 167 Å². The molecule has 6 heteroatoms. The Balaban J connectivity index is 1.96. The van der Waals surface area contributed by atoms with Crippen molar-refractivity contribution < 1.29 is 9.32 Å². The number of hydrazone groups is 1. The lowest BCUT2D eigenvalue weighted by Crippen LogP contribution is -2.26. The van der Waals surface area contributed by atoms with Crippen LogP contribution in [0.5, 0.6) is 0 Å². The predicted octanol–water partition coefficient (Wildman–Crippen LogP) is 4.43. The third-order valence-electron chi connectivity index (χ3n) is 4.34. The number of amides is 2. The van der Waals surface area contributed by atoms with Crippen LogP contribution in [0.4, 0.5) is 4.79 Å². The first kappa shape index (κ1) is 18.2. The Hall–Kier alpha value is -4.19. The van der Waals surface area contributed by atoms with Gasteiger partial charge in [-0.25, -0.2) is 10.2 Å². The molecule has 1 heterocycles. The molecule has 0 saturated carbocycles. The average molecular weight is 382 g/mol. The number of nitrogens with two attached hydrogens (primary N) is 1. The normalized spacial score (nSPS) is 11.2. The van der Waals surface area contributed by atoms with Crippen LogP contribution in [0.3, 0.4) is 0 Å². The van der Waals surface area contributed by atoms with Crippen LogP contribution in [0.2, 0.25) is 0 Å². The van der Waals surface area contributed by atoms with E-state index in [1.807, 2.05) is 91.0 Å². The van der Waals surface area contributed by atoms with Gasteiger partial charge < -0.3 is 10.3 Å². The molecule has 0 saturated heterocycles. The van der Waals surface area contributed by atoms with Gasteiger partial charge in [0.1, 0.15) is 11.4 Å². The second-order valence-corrected chi connectivity index (χ2v) is 6.27. The fraction of sp³-hybridized carbons (Fsp3) is 0. The molecule has 6 nitrogen and oxygen atoms in total. The quantitative estimate of drug-likeness (QED) is 0.395. The number of primary amides is 1. The molecule has 3 aromatic carbocycles. The monoisotopic (exact) mass is 382 g/mol. The maximum atomic E-state index is 11.3. The highest BCUT2D eigenvalue weighted by molar-refractivity contribution is 6.15. The molecule has 0 spiro atoms. The van der Waals surface area contributed by atoms with Gasteiger partial charge in [0.05, 0.1) is 5.56 Å². The van der Waals surface area contributed by atoms with Gasteiger partial charge in [-0.15, -0.1) is 0 Å². The van der Waals surface area contributed by atoms with E-state index in [4.69, 9.17) is 10.3 Å². The Morgan fingerprint density at radius 1 is 0.828 bits per heavy atom. The molecule has 29 heavy (non-hydrogen) atoms. The highest BCUT2D eigenvalue weighted by Gasteiger charge is 2.24. The van der Waals surface area contributed by atoms with Gasteiger partial charge in [-0.1, -0.05) is 96.2 Å². The van der Waals surface area contributed by atoms with Gasteiger partial charge >= 0.3 is 6.03 Å². The largest absolute Gasteiger partial charge is 0.353 e. The summed E-state index contributed by atoms with van der Waals surface area (Å²) in [5.41, 5.74) is 12.0. The van der Waals surface area contributed by atoms with Crippen molar-refractivity contribution >= 4 is 11.7 Å². The SMILES string of the molecule is NC(=O)NN=C(c1ccccc1)c1onc(-c2ccccc2)c1-c1ccccc1. The number of hydrogen-bond acceptors (Lipinski definition) is 4. The third kappa shape index (κ3) is 3.91. The van der Waals surface area contributed by atoms with E-state index in [2.05, 4.69) is 15.7 Å². The molecular weight excluding hydrogens is 364 g/mol. The second kappa shape index (κ2) is 8.22. The zero-order chi connectivity index (χ0) is 20.1. The molecule has 0 aliphatic carbocycles. The van der Waals surface area contributed by atoms with Crippen LogP contribution in [0, 0.1) is 0 Å². The van der Waals surface area contributed by atoms with Crippen molar-refractivity contribution in [1.82, 2.24) is 10.6 Å². The van der Waals surface area contributed by atoms with E-state index in [1.165, 1.54) is 0 Å². The topological polar surface area (TPSA) is 93.5 Å². The van der Waals surface area contributed by atoms with E-state index in [0.29, 0.717) is 17.2 Å². The summed E-state index contributed by atoms with van der Waals surface area (Å²) in [5, 5.41) is 8.55. The van der Waals surface area contributed by atoms with Crippen LogP contribution in [0.25, 0.3) is 22.4 Å². The Bertz CT molecular complexity index is 1140. The molecule has 0 aliphatic rings. The van der Waals surface area contributed by atoms with E-state index in [-0.39, 0.29) is 0 Å².